The molecule has 2 unspecified atom stereocenters. The lowest BCUT2D eigenvalue weighted by atomic mass is 10.1. The van der Waals surface area contributed by atoms with Gasteiger partial charge in [-0.05, 0) is 0 Å². The number of carbonyl (C=O) groups is 1. The van der Waals surface area contributed by atoms with Gasteiger partial charge in [0.05, 0.1) is 19.3 Å². The maximum atomic E-state index is 15.9. The highest BCUT2D eigenvalue weighted by molar-refractivity contribution is 7.84. The molecular weight excluding hydrogens is 655 g/mol. The molecule has 0 saturated carbocycles. The lowest BCUT2D eigenvalue weighted by molar-refractivity contribution is -0.117. The summed E-state index contributed by atoms with van der Waals surface area (Å²) in [4.78, 5) is 46.8. The maximum absolute atomic E-state index is 15.9. The maximum Gasteiger partial charge on any atom is 0.472 e. The summed E-state index contributed by atoms with van der Waals surface area (Å²) in [5.74, 6) is -1.36. The summed E-state index contributed by atoms with van der Waals surface area (Å²) < 4.78 is 100. The van der Waals surface area contributed by atoms with Crippen LogP contribution in [-0.4, -0.2) is 124 Å². The first-order valence-corrected chi connectivity index (χ1v) is 15.9. The molecule has 0 aliphatic carbocycles. The second-order valence-corrected chi connectivity index (χ2v) is 12.9. The number of nitrogens with two attached hydrogens (primary N) is 2. The highest BCUT2D eigenvalue weighted by Gasteiger charge is 2.56. The molecule has 0 radical (unpaired) electrons. The molecule has 0 bridgehead atoms. The lowest BCUT2D eigenvalue weighted by Gasteiger charge is -2.26. The number of nitrogen functional groups attached to an aromatic ring is 1. The molecule has 2 aromatic heterocycles. The van der Waals surface area contributed by atoms with E-state index in [2.05, 4.69) is 29.9 Å². The van der Waals surface area contributed by atoms with E-state index in [1.54, 1.807) is 0 Å². The normalized spacial score (nSPS) is 39.8. The number of halogens is 2. The van der Waals surface area contributed by atoms with Gasteiger partial charge in [-0.15, -0.1) is 0 Å². The van der Waals surface area contributed by atoms with Crippen LogP contribution in [0.4, 0.5) is 14.6 Å². The van der Waals surface area contributed by atoms with Gasteiger partial charge in [-0.25, -0.2) is 32.5 Å². The number of ether oxygens (including phenoxy) is 2. The van der Waals surface area contributed by atoms with E-state index in [-0.39, 0.29) is 22.8 Å². The monoisotopic (exact) mass is 677 g/mol. The number of aliphatic imine (C=N–C) groups is 3. The Morgan fingerprint density at radius 1 is 1.07 bits per heavy atom. The number of phosphoric acid groups is 1. The van der Waals surface area contributed by atoms with Crippen molar-refractivity contribution in [1.29, 1.82) is 0 Å². The molecule has 0 aromatic carbocycles. The standard InChI is InChI=1S/C20H22F2N11O10PS/c21-8-12-6(40-18(8)32-4-27-10-14(23)25-3-26-15(10)32)1-29-45(37,38)43-13-7(2-39-44(35,36)42-12)41-19(9(13)22)33-5-28-11-16(33)30-20(24)31-17(11)34/h3-9,11-13,18-19,29H,1-2H2,(H,35,36)(H2,23,25,26)(H2,24,31,34)/t6-,7-,8-,9+,11?,12-,13-,18-,19-/m1/s1. The molecule has 3 saturated heterocycles. The molecule has 5 aliphatic heterocycles. The van der Waals surface area contributed by atoms with Crippen LogP contribution >= 0.6 is 7.82 Å². The predicted molar refractivity (Wildman–Crippen MR) is 143 cm³/mol. The molecule has 2 aromatic rings. The number of phosphoric ester groups is 1. The molecule has 3 fully saturated rings. The number of guanidine groups is 1. The van der Waals surface area contributed by atoms with Crippen molar-refractivity contribution in [1.82, 2.24) is 29.1 Å². The van der Waals surface area contributed by atoms with Crippen molar-refractivity contribution in [3.8, 4) is 0 Å². The van der Waals surface area contributed by atoms with Gasteiger partial charge in [0, 0.05) is 6.54 Å². The van der Waals surface area contributed by atoms with E-state index in [0.29, 0.717) is 0 Å². The Hall–Kier alpha value is -3.61. The Morgan fingerprint density at radius 2 is 1.82 bits per heavy atom. The van der Waals surface area contributed by atoms with Gasteiger partial charge in [-0.3, -0.25) is 28.3 Å². The van der Waals surface area contributed by atoms with E-state index in [0.717, 1.165) is 28.5 Å². The minimum Gasteiger partial charge on any atom is -0.382 e. The topological polar surface area (TPSA) is 283 Å². The number of carbonyl (C=O) groups excluding carboxylic acids is 1. The van der Waals surface area contributed by atoms with Crippen LogP contribution in [0, 0.1) is 0 Å². The van der Waals surface area contributed by atoms with Crippen LogP contribution < -0.4 is 16.2 Å². The van der Waals surface area contributed by atoms with Gasteiger partial charge >= 0.3 is 18.1 Å². The van der Waals surface area contributed by atoms with Gasteiger partial charge in [0.15, 0.2) is 48.1 Å². The van der Waals surface area contributed by atoms with Crippen LogP contribution in [0.15, 0.2) is 27.6 Å². The van der Waals surface area contributed by atoms with Gasteiger partial charge in [-0.2, -0.15) is 23.1 Å². The van der Waals surface area contributed by atoms with Gasteiger partial charge in [0.1, 0.15) is 36.3 Å². The van der Waals surface area contributed by atoms with Crippen molar-refractivity contribution in [3.63, 3.8) is 0 Å². The zero-order chi connectivity index (χ0) is 31.8. The summed E-state index contributed by atoms with van der Waals surface area (Å²) in [6.45, 7) is -1.72. The van der Waals surface area contributed by atoms with Crippen LogP contribution in [-0.2, 0) is 42.4 Å². The van der Waals surface area contributed by atoms with Crippen LogP contribution in [0.1, 0.15) is 6.23 Å². The van der Waals surface area contributed by atoms with Crippen LogP contribution in [0.2, 0.25) is 0 Å². The second kappa shape index (κ2) is 10.7. The Bertz CT molecular complexity index is 1810. The SMILES string of the molecule is NC1=NC(=O)C2N=CN([C@@H]3O[C@@H]4COP(=O)(O)O[C@H]5[C@@H](F)[C@H](n6cnc7c(N)ncnc76)O[C@@H]5CNS(=O)(=O)O[C@H]4[C@@H]3F)C2=N1. The quantitative estimate of drug-likeness (QED) is 0.237. The summed E-state index contributed by atoms with van der Waals surface area (Å²) in [7, 11) is -9.99. The van der Waals surface area contributed by atoms with Gasteiger partial charge in [0.2, 0.25) is 5.96 Å². The van der Waals surface area contributed by atoms with Crippen molar-refractivity contribution in [3.05, 3.63) is 12.7 Å². The highest BCUT2D eigenvalue weighted by Crippen LogP contribution is 2.50. The van der Waals surface area contributed by atoms with E-state index < -0.39 is 98.4 Å². The summed E-state index contributed by atoms with van der Waals surface area (Å²) in [6.07, 6.45) is -11.5. The summed E-state index contributed by atoms with van der Waals surface area (Å²) in [6, 6.07) is -1.24. The molecule has 7 rings (SSSR count). The lowest BCUT2D eigenvalue weighted by Crippen LogP contribution is -2.49. The first-order chi connectivity index (χ1) is 21.3. The Kier molecular flexibility index (Phi) is 7.18. The average molecular weight is 678 g/mol. The molecule has 1 amide bonds. The number of amides is 1. The smallest absolute Gasteiger partial charge is 0.382 e. The average Bonchev–Trinajstić information content (AvgIpc) is 3.72. The molecule has 25 heteroatoms. The van der Waals surface area contributed by atoms with Crippen molar-refractivity contribution in [2.45, 2.75) is 55.3 Å². The van der Waals surface area contributed by atoms with E-state index in [9.17, 15) is 22.7 Å². The van der Waals surface area contributed by atoms with E-state index in [1.165, 1.54) is 0 Å². The summed E-state index contributed by atoms with van der Waals surface area (Å²) in [5.41, 5.74) is 11.5. The van der Waals surface area contributed by atoms with E-state index >= 15 is 8.78 Å². The number of imidazole rings is 1. The van der Waals surface area contributed by atoms with Gasteiger partial charge < -0.3 is 25.8 Å². The van der Waals surface area contributed by atoms with Crippen LogP contribution in [0.25, 0.3) is 11.2 Å². The van der Waals surface area contributed by atoms with Gasteiger partial charge in [-0.1, -0.05) is 0 Å². The molecule has 5 aliphatic rings. The zero-order valence-corrected chi connectivity index (χ0v) is 24.0. The Balaban J connectivity index is 1.14. The fourth-order valence-electron chi connectivity index (χ4n) is 5.36. The third kappa shape index (κ3) is 5.26. The number of hydrogen-bond donors (Lipinski definition) is 4. The number of rotatable bonds is 2. The predicted octanol–water partition coefficient (Wildman–Crippen LogP) is -2.59. The number of alkyl halides is 2. The Morgan fingerprint density at radius 3 is 2.62 bits per heavy atom. The number of anilines is 1. The van der Waals surface area contributed by atoms with E-state index in [1.807, 2.05) is 4.72 Å². The first-order valence-electron chi connectivity index (χ1n) is 13.0. The number of nitrogens with zero attached hydrogens (tertiary/aromatic N) is 8. The number of amidine groups is 1. The minimum atomic E-state index is -5.16. The summed E-state index contributed by atoms with van der Waals surface area (Å²) in [5, 5.41) is 0. The van der Waals surface area contributed by atoms with Crippen LogP contribution in [0.3, 0.4) is 0 Å². The summed E-state index contributed by atoms with van der Waals surface area (Å²) >= 11 is 0. The molecule has 7 heterocycles. The molecule has 45 heavy (non-hydrogen) atoms. The van der Waals surface area contributed by atoms with Crippen molar-refractivity contribution >= 4 is 59.1 Å². The van der Waals surface area contributed by atoms with Crippen LogP contribution in [0.5, 0.6) is 0 Å². The molecule has 10 atom stereocenters. The van der Waals surface area contributed by atoms with Crippen molar-refractivity contribution in [2.24, 2.45) is 20.7 Å². The first kappa shape index (κ1) is 30.1. The number of hydrogen-bond acceptors (Lipinski definition) is 17. The largest absolute Gasteiger partial charge is 0.472 e. The van der Waals surface area contributed by atoms with Crippen molar-refractivity contribution < 1.29 is 54.2 Å². The molecular formula is C20H22F2N11O10PS. The van der Waals surface area contributed by atoms with Crippen molar-refractivity contribution in [2.75, 3.05) is 18.9 Å². The third-order valence-electron chi connectivity index (χ3n) is 7.36. The minimum absolute atomic E-state index is 0.00994. The number of fused-ring (bicyclic) bond motifs is 4. The fraction of sp³-hybridized carbons (Fsp3) is 0.550. The van der Waals surface area contributed by atoms with E-state index in [4.69, 9.17) is 34.2 Å². The highest BCUT2D eigenvalue weighted by atomic mass is 32.2. The number of nitrogens with one attached hydrogen (secondary N) is 1. The fourth-order valence-corrected chi connectivity index (χ4v) is 7.27. The molecule has 21 nitrogen and oxygen atoms in total. The molecule has 0 spiro atoms. The molecule has 6 N–H and O–H groups in total. The van der Waals surface area contributed by atoms with Gasteiger partial charge in [0.25, 0.3) is 5.91 Å². The zero-order valence-electron chi connectivity index (χ0n) is 22.3. The third-order valence-corrected chi connectivity index (χ3v) is 9.34. The number of aromatic nitrogens is 4. The Labute approximate surface area is 250 Å². The second-order valence-electron chi connectivity index (χ2n) is 10.2. The molecule has 242 valence electrons.